The monoisotopic (exact) mass is 301 g/mol. The summed E-state index contributed by atoms with van der Waals surface area (Å²) in [4.78, 5) is 15.7. The predicted molar refractivity (Wildman–Crippen MR) is 80.2 cm³/mol. The number of nitrogens with zero attached hydrogens (tertiary/aromatic N) is 1. The standard InChI is InChI=1S/C16H12ClNO3/c1-20-15(19)9-10-6-7-11(8-12(10)17)16-18-13-4-2-3-5-14(13)21-16/h2-8H,9H2,1H3. The second-order valence-corrected chi connectivity index (χ2v) is 4.95. The summed E-state index contributed by atoms with van der Waals surface area (Å²) in [6.07, 6.45) is 0.142. The number of benzene rings is 2. The molecule has 0 unspecified atom stereocenters. The van der Waals surface area contributed by atoms with Gasteiger partial charge in [-0.15, -0.1) is 0 Å². The fraction of sp³-hybridized carbons (Fsp3) is 0.125. The second-order valence-electron chi connectivity index (χ2n) is 4.55. The molecule has 0 bridgehead atoms. The van der Waals surface area contributed by atoms with Crippen LogP contribution < -0.4 is 0 Å². The van der Waals surface area contributed by atoms with Gasteiger partial charge in [0.15, 0.2) is 5.58 Å². The normalized spacial score (nSPS) is 10.8. The molecule has 0 radical (unpaired) electrons. The van der Waals surface area contributed by atoms with Gasteiger partial charge in [0.2, 0.25) is 5.89 Å². The first-order valence-electron chi connectivity index (χ1n) is 6.38. The molecule has 1 aromatic heterocycles. The molecular formula is C16H12ClNO3. The molecule has 0 saturated carbocycles. The first kappa shape index (κ1) is 13.6. The Morgan fingerprint density at radius 1 is 1.29 bits per heavy atom. The van der Waals surface area contributed by atoms with E-state index in [0.29, 0.717) is 16.5 Å². The average molecular weight is 302 g/mol. The van der Waals surface area contributed by atoms with Crippen LogP contribution >= 0.6 is 11.6 Å². The molecule has 0 aliphatic rings. The zero-order valence-corrected chi connectivity index (χ0v) is 12.1. The molecule has 0 amide bonds. The summed E-state index contributed by atoms with van der Waals surface area (Å²) in [5.41, 5.74) is 3.00. The third kappa shape index (κ3) is 2.76. The number of esters is 1. The van der Waals surface area contributed by atoms with Gasteiger partial charge in [-0.05, 0) is 29.8 Å². The molecule has 3 rings (SSSR count). The highest BCUT2D eigenvalue weighted by molar-refractivity contribution is 6.31. The van der Waals surface area contributed by atoms with Crippen molar-refractivity contribution in [3.05, 3.63) is 53.1 Å². The number of aromatic nitrogens is 1. The van der Waals surface area contributed by atoms with Crippen LogP contribution in [0.3, 0.4) is 0 Å². The van der Waals surface area contributed by atoms with Crippen molar-refractivity contribution in [1.29, 1.82) is 0 Å². The van der Waals surface area contributed by atoms with Crippen molar-refractivity contribution >= 4 is 28.7 Å². The number of rotatable bonds is 3. The molecule has 2 aromatic carbocycles. The highest BCUT2D eigenvalue weighted by Gasteiger charge is 2.12. The Hall–Kier alpha value is -2.33. The number of halogens is 1. The molecule has 0 aliphatic carbocycles. The van der Waals surface area contributed by atoms with E-state index in [9.17, 15) is 4.79 Å². The number of para-hydroxylation sites is 2. The van der Waals surface area contributed by atoms with E-state index in [2.05, 4.69) is 9.72 Å². The van der Waals surface area contributed by atoms with Crippen molar-refractivity contribution < 1.29 is 13.9 Å². The predicted octanol–water partition coefficient (Wildman–Crippen LogP) is 3.86. The third-order valence-corrected chi connectivity index (χ3v) is 3.51. The van der Waals surface area contributed by atoms with Crippen LogP contribution in [0.25, 0.3) is 22.6 Å². The van der Waals surface area contributed by atoms with Gasteiger partial charge in [-0.3, -0.25) is 4.79 Å². The Bertz CT molecular complexity index is 777. The number of oxazole rings is 1. The van der Waals surface area contributed by atoms with Gasteiger partial charge < -0.3 is 9.15 Å². The van der Waals surface area contributed by atoms with Crippen molar-refractivity contribution in [2.24, 2.45) is 0 Å². The maximum absolute atomic E-state index is 11.3. The summed E-state index contributed by atoms with van der Waals surface area (Å²) < 4.78 is 10.3. The summed E-state index contributed by atoms with van der Waals surface area (Å²) in [6.45, 7) is 0. The van der Waals surface area contributed by atoms with Gasteiger partial charge in [0, 0.05) is 10.6 Å². The molecule has 0 atom stereocenters. The van der Waals surface area contributed by atoms with Gasteiger partial charge in [0.05, 0.1) is 13.5 Å². The zero-order chi connectivity index (χ0) is 14.8. The molecule has 3 aromatic rings. The first-order chi connectivity index (χ1) is 10.2. The lowest BCUT2D eigenvalue weighted by molar-refractivity contribution is -0.139. The van der Waals surface area contributed by atoms with E-state index in [1.54, 1.807) is 12.1 Å². The fourth-order valence-electron chi connectivity index (χ4n) is 2.05. The van der Waals surface area contributed by atoms with Gasteiger partial charge in [0.25, 0.3) is 0 Å². The Kier molecular flexibility index (Phi) is 3.62. The number of ether oxygens (including phenoxy) is 1. The maximum Gasteiger partial charge on any atom is 0.310 e. The van der Waals surface area contributed by atoms with Crippen molar-refractivity contribution in [3.63, 3.8) is 0 Å². The SMILES string of the molecule is COC(=O)Cc1ccc(-c2nc3ccccc3o2)cc1Cl. The van der Waals surface area contributed by atoms with Crippen molar-refractivity contribution in [3.8, 4) is 11.5 Å². The molecule has 106 valence electrons. The minimum Gasteiger partial charge on any atom is -0.469 e. The van der Waals surface area contributed by atoms with Crippen LogP contribution in [0.5, 0.6) is 0 Å². The van der Waals surface area contributed by atoms with Crippen molar-refractivity contribution in [2.75, 3.05) is 7.11 Å². The van der Waals surface area contributed by atoms with Crippen molar-refractivity contribution in [1.82, 2.24) is 4.98 Å². The lowest BCUT2D eigenvalue weighted by atomic mass is 10.1. The number of carbonyl (C=O) groups is 1. The van der Waals surface area contributed by atoms with Gasteiger partial charge in [-0.25, -0.2) is 4.98 Å². The van der Waals surface area contributed by atoms with E-state index in [-0.39, 0.29) is 12.4 Å². The Morgan fingerprint density at radius 2 is 2.10 bits per heavy atom. The lowest BCUT2D eigenvalue weighted by Gasteiger charge is -2.04. The second kappa shape index (κ2) is 5.58. The number of fused-ring (bicyclic) bond motifs is 1. The summed E-state index contributed by atoms with van der Waals surface area (Å²) in [7, 11) is 1.35. The van der Waals surface area contributed by atoms with Crippen LogP contribution in [0.4, 0.5) is 0 Å². The minimum absolute atomic E-state index is 0.142. The zero-order valence-electron chi connectivity index (χ0n) is 11.3. The first-order valence-corrected chi connectivity index (χ1v) is 6.76. The molecular weight excluding hydrogens is 290 g/mol. The summed E-state index contributed by atoms with van der Waals surface area (Å²) in [5.74, 6) is 0.175. The topological polar surface area (TPSA) is 52.3 Å². The number of carbonyl (C=O) groups excluding carboxylic acids is 1. The molecule has 1 heterocycles. The highest BCUT2D eigenvalue weighted by Crippen LogP contribution is 2.28. The van der Waals surface area contributed by atoms with E-state index in [1.165, 1.54) is 7.11 Å². The van der Waals surface area contributed by atoms with E-state index in [1.807, 2.05) is 30.3 Å². The Labute approximate surface area is 126 Å². The molecule has 0 spiro atoms. The molecule has 0 N–H and O–H groups in total. The molecule has 4 nitrogen and oxygen atoms in total. The van der Waals surface area contributed by atoms with Crippen LogP contribution in [-0.4, -0.2) is 18.1 Å². The van der Waals surface area contributed by atoms with Crippen molar-refractivity contribution in [2.45, 2.75) is 6.42 Å². The molecule has 0 aliphatic heterocycles. The number of hydrogen-bond acceptors (Lipinski definition) is 4. The van der Waals surface area contributed by atoms with E-state index in [0.717, 1.165) is 16.7 Å². The average Bonchev–Trinajstić information content (AvgIpc) is 2.93. The minimum atomic E-state index is -0.327. The smallest absolute Gasteiger partial charge is 0.310 e. The van der Waals surface area contributed by atoms with E-state index in [4.69, 9.17) is 16.0 Å². The molecule has 21 heavy (non-hydrogen) atoms. The molecule has 0 saturated heterocycles. The fourth-order valence-corrected chi connectivity index (χ4v) is 2.29. The summed E-state index contributed by atoms with van der Waals surface area (Å²) in [5, 5.41) is 0.486. The van der Waals surface area contributed by atoms with Gasteiger partial charge in [-0.2, -0.15) is 0 Å². The number of hydrogen-bond donors (Lipinski definition) is 0. The van der Waals surface area contributed by atoms with Crippen LogP contribution in [0.1, 0.15) is 5.56 Å². The van der Waals surface area contributed by atoms with E-state index < -0.39 is 0 Å². The Balaban J connectivity index is 1.96. The third-order valence-electron chi connectivity index (χ3n) is 3.16. The van der Waals surface area contributed by atoms with Crippen LogP contribution in [-0.2, 0) is 16.0 Å². The number of methoxy groups -OCH3 is 1. The maximum atomic E-state index is 11.3. The lowest BCUT2D eigenvalue weighted by Crippen LogP contribution is -2.04. The van der Waals surface area contributed by atoms with Gasteiger partial charge in [-0.1, -0.05) is 29.8 Å². The van der Waals surface area contributed by atoms with Crippen LogP contribution in [0, 0.1) is 0 Å². The quantitative estimate of drug-likeness (QED) is 0.689. The largest absolute Gasteiger partial charge is 0.469 e. The Morgan fingerprint density at radius 3 is 2.81 bits per heavy atom. The molecule has 5 heteroatoms. The van der Waals surface area contributed by atoms with Gasteiger partial charge >= 0.3 is 5.97 Å². The van der Waals surface area contributed by atoms with E-state index >= 15 is 0 Å². The van der Waals surface area contributed by atoms with Crippen LogP contribution in [0.15, 0.2) is 46.9 Å². The van der Waals surface area contributed by atoms with Crippen LogP contribution in [0.2, 0.25) is 5.02 Å². The summed E-state index contributed by atoms with van der Waals surface area (Å²) >= 11 is 6.20. The molecule has 0 fully saturated rings. The van der Waals surface area contributed by atoms with Gasteiger partial charge in [0.1, 0.15) is 5.52 Å². The highest BCUT2D eigenvalue weighted by atomic mass is 35.5. The summed E-state index contributed by atoms with van der Waals surface area (Å²) in [6, 6.07) is 12.9.